The van der Waals surface area contributed by atoms with Gasteiger partial charge in [0.2, 0.25) is 0 Å². The van der Waals surface area contributed by atoms with Gasteiger partial charge in [-0.1, -0.05) is 20.8 Å². The summed E-state index contributed by atoms with van der Waals surface area (Å²) >= 11 is 0. The third-order valence-electron chi connectivity index (χ3n) is 5.84. The van der Waals surface area contributed by atoms with E-state index in [1.165, 1.54) is 0 Å². The van der Waals surface area contributed by atoms with Crippen molar-refractivity contribution in [3.63, 3.8) is 0 Å². The zero-order valence-electron chi connectivity index (χ0n) is 16.7. The first kappa shape index (κ1) is 19.6. The minimum absolute atomic E-state index is 0.180. The number of aromatic nitrogens is 1. The predicted octanol–water partition coefficient (Wildman–Crippen LogP) is 3.90. The number of nitrogens with zero attached hydrogens (tertiary/aromatic N) is 1. The van der Waals surface area contributed by atoms with E-state index in [2.05, 4.69) is 66.5 Å². The number of rotatable bonds is 4. The largest absolute Gasteiger partial charge is 0.495 e. The van der Waals surface area contributed by atoms with Crippen molar-refractivity contribution in [1.29, 1.82) is 0 Å². The first-order valence-electron chi connectivity index (χ1n) is 8.69. The van der Waals surface area contributed by atoms with Crippen molar-refractivity contribution in [2.24, 2.45) is 0 Å². The van der Waals surface area contributed by atoms with Crippen LogP contribution in [0, 0.1) is 0 Å². The highest BCUT2D eigenvalue weighted by Crippen LogP contribution is 2.38. The highest BCUT2D eigenvalue weighted by atomic mass is 28.4. The lowest BCUT2D eigenvalue weighted by atomic mass is 9.77. The Morgan fingerprint density at radius 1 is 1.12 bits per heavy atom. The van der Waals surface area contributed by atoms with Crippen molar-refractivity contribution in [2.45, 2.75) is 84.4 Å². The Balaban J connectivity index is 2.21. The van der Waals surface area contributed by atoms with E-state index in [9.17, 15) is 0 Å². The van der Waals surface area contributed by atoms with Crippen LogP contribution in [0.1, 0.15) is 54.0 Å². The lowest BCUT2D eigenvalue weighted by Crippen LogP contribution is -2.42. The van der Waals surface area contributed by atoms with Crippen LogP contribution >= 0.6 is 0 Å². The van der Waals surface area contributed by atoms with Crippen LogP contribution in [0.5, 0.6) is 0 Å². The van der Waals surface area contributed by atoms with Gasteiger partial charge >= 0.3 is 7.12 Å². The highest BCUT2D eigenvalue weighted by Gasteiger charge is 2.52. The van der Waals surface area contributed by atoms with E-state index in [0.717, 1.165) is 11.0 Å². The molecular formula is C18H32BNO3Si. The van der Waals surface area contributed by atoms with Gasteiger partial charge in [-0.15, -0.1) is 0 Å². The van der Waals surface area contributed by atoms with Crippen molar-refractivity contribution in [3.05, 3.63) is 24.0 Å². The number of hydrogen-bond donors (Lipinski definition) is 0. The molecule has 134 valence electrons. The Labute approximate surface area is 148 Å². The lowest BCUT2D eigenvalue weighted by molar-refractivity contribution is 0.00578. The van der Waals surface area contributed by atoms with Crippen molar-refractivity contribution in [3.8, 4) is 0 Å². The minimum atomic E-state index is -1.82. The van der Waals surface area contributed by atoms with Crippen LogP contribution in [0.4, 0.5) is 0 Å². The summed E-state index contributed by atoms with van der Waals surface area (Å²) in [5.74, 6) is 0. The third kappa shape index (κ3) is 3.77. The quantitative estimate of drug-likeness (QED) is 0.773. The Kier molecular flexibility index (Phi) is 5.10. The van der Waals surface area contributed by atoms with Crippen LogP contribution in [0.25, 0.3) is 0 Å². The topological polar surface area (TPSA) is 40.6 Å². The molecule has 2 rings (SSSR count). The zero-order chi connectivity index (χ0) is 18.4. The van der Waals surface area contributed by atoms with Crippen LogP contribution in [0.2, 0.25) is 18.1 Å². The van der Waals surface area contributed by atoms with Gasteiger partial charge in [-0.3, -0.25) is 4.98 Å². The van der Waals surface area contributed by atoms with Gasteiger partial charge in [0.05, 0.1) is 17.8 Å². The summed E-state index contributed by atoms with van der Waals surface area (Å²) < 4.78 is 18.8. The van der Waals surface area contributed by atoms with E-state index in [1.54, 1.807) is 6.20 Å². The molecule has 2 heterocycles. The molecule has 1 aliphatic heterocycles. The fourth-order valence-corrected chi connectivity index (χ4v) is 3.18. The zero-order valence-corrected chi connectivity index (χ0v) is 17.7. The molecule has 0 aliphatic carbocycles. The number of hydrogen-bond acceptors (Lipinski definition) is 4. The second-order valence-electron chi connectivity index (χ2n) is 9.21. The first-order valence-corrected chi connectivity index (χ1v) is 11.6. The molecule has 0 saturated carbocycles. The Morgan fingerprint density at radius 3 is 2.17 bits per heavy atom. The van der Waals surface area contributed by atoms with Crippen molar-refractivity contribution in [1.82, 2.24) is 4.98 Å². The predicted molar refractivity (Wildman–Crippen MR) is 102 cm³/mol. The van der Waals surface area contributed by atoms with Crippen LogP contribution < -0.4 is 5.46 Å². The number of pyridine rings is 1. The molecular weight excluding hydrogens is 317 g/mol. The Morgan fingerprint density at radius 2 is 1.67 bits per heavy atom. The van der Waals surface area contributed by atoms with Gasteiger partial charge in [0.15, 0.2) is 8.32 Å². The monoisotopic (exact) mass is 349 g/mol. The van der Waals surface area contributed by atoms with E-state index in [0.29, 0.717) is 6.61 Å². The maximum absolute atomic E-state index is 6.37. The average Bonchev–Trinajstić information content (AvgIpc) is 2.64. The van der Waals surface area contributed by atoms with Gasteiger partial charge in [0.25, 0.3) is 0 Å². The first-order chi connectivity index (χ1) is 10.8. The summed E-state index contributed by atoms with van der Waals surface area (Å²) in [6.45, 7) is 20.1. The standard InChI is InChI=1S/C18H32BNO3Si/c1-16(2,3)24(8,9)21-13-14-12-20-11-10-15(14)19-22-17(4,5)18(6,7)23-19/h10-12H,13H2,1-9H3. The van der Waals surface area contributed by atoms with Gasteiger partial charge in [-0.05, 0) is 62.9 Å². The van der Waals surface area contributed by atoms with E-state index in [-0.39, 0.29) is 23.4 Å². The van der Waals surface area contributed by atoms with E-state index >= 15 is 0 Å². The molecule has 4 nitrogen and oxygen atoms in total. The van der Waals surface area contributed by atoms with Crippen molar-refractivity contribution < 1.29 is 13.7 Å². The minimum Gasteiger partial charge on any atom is -0.413 e. The maximum atomic E-state index is 6.37. The van der Waals surface area contributed by atoms with E-state index in [1.807, 2.05) is 12.3 Å². The van der Waals surface area contributed by atoms with E-state index < -0.39 is 8.32 Å². The van der Waals surface area contributed by atoms with Gasteiger partial charge < -0.3 is 13.7 Å². The Hall–Kier alpha value is -0.688. The van der Waals surface area contributed by atoms with Crippen molar-refractivity contribution >= 4 is 20.9 Å². The molecule has 1 aromatic rings. The van der Waals surface area contributed by atoms with Gasteiger partial charge in [0, 0.05) is 12.4 Å². The maximum Gasteiger partial charge on any atom is 0.495 e. The molecule has 1 saturated heterocycles. The SMILES string of the molecule is CC1(C)OB(c2ccncc2CO[Si](C)(C)C(C)(C)C)OC1(C)C. The summed E-state index contributed by atoms with van der Waals surface area (Å²) in [5.41, 5.74) is 1.36. The van der Waals surface area contributed by atoms with Crippen LogP contribution in [0.15, 0.2) is 18.5 Å². The summed E-state index contributed by atoms with van der Waals surface area (Å²) in [6, 6.07) is 1.98. The summed E-state index contributed by atoms with van der Waals surface area (Å²) in [4.78, 5) is 4.28. The lowest BCUT2D eigenvalue weighted by Gasteiger charge is -2.36. The highest BCUT2D eigenvalue weighted by molar-refractivity contribution is 6.74. The fourth-order valence-electron chi connectivity index (χ4n) is 2.23. The molecule has 0 N–H and O–H groups in total. The second-order valence-corrected chi connectivity index (χ2v) is 14.0. The van der Waals surface area contributed by atoms with Crippen molar-refractivity contribution in [2.75, 3.05) is 0 Å². The molecule has 0 radical (unpaired) electrons. The van der Waals surface area contributed by atoms with Gasteiger partial charge in [-0.2, -0.15) is 0 Å². The summed E-state index contributed by atoms with van der Waals surface area (Å²) in [5, 5.41) is 0.180. The molecule has 0 amide bonds. The second kappa shape index (κ2) is 6.24. The van der Waals surface area contributed by atoms with Crippen LogP contribution in [-0.4, -0.2) is 31.6 Å². The molecule has 24 heavy (non-hydrogen) atoms. The smallest absolute Gasteiger partial charge is 0.413 e. The molecule has 1 fully saturated rings. The average molecular weight is 349 g/mol. The Bertz CT molecular complexity index is 580. The van der Waals surface area contributed by atoms with Crippen LogP contribution in [0.3, 0.4) is 0 Å². The van der Waals surface area contributed by atoms with Crippen LogP contribution in [-0.2, 0) is 20.3 Å². The summed E-state index contributed by atoms with van der Waals surface area (Å²) in [7, 11) is -2.19. The van der Waals surface area contributed by atoms with E-state index in [4.69, 9.17) is 13.7 Å². The molecule has 1 aliphatic rings. The molecule has 6 heteroatoms. The molecule has 0 spiro atoms. The summed E-state index contributed by atoms with van der Waals surface area (Å²) in [6.07, 6.45) is 3.66. The fraction of sp³-hybridized carbons (Fsp3) is 0.722. The normalized spacial score (nSPS) is 20.5. The van der Waals surface area contributed by atoms with Gasteiger partial charge in [-0.25, -0.2) is 0 Å². The van der Waals surface area contributed by atoms with Gasteiger partial charge in [0.1, 0.15) is 0 Å². The molecule has 0 unspecified atom stereocenters. The molecule has 0 bridgehead atoms. The molecule has 0 atom stereocenters. The third-order valence-corrected chi connectivity index (χ3v) is 10.3. The molecule has 0 aromatic carbocycles. The molecule has 1 aromatic heterocycles.